The molecule has 208 valence electrons. The molecule has 3 nitrogen and oxygen atoms in total. The van der Waals surface area contributed by atoms with Gasteiger partial charge in [-0.05, 0) is 103 Å². The second-order valence-corrected chi connectivity index (χ2v) is 11.6. The van der Waals surface area contributed by atoms with E-state index in [-0.39, 0.29) is 17.9 Å². The number of benzene rings is 3. The van der Waals surface area contributed by atoms with E-state index in [9.17, 15) is 22.5 Å². The Bertz CT molecular complexity index is 1270. The highest BCUT2D eigenvalue weighted by atomic mass is 32.2. The molecular formula is C32H35F3O3S. The number of halogens is 3. The second kappa shape index (κ2) is 13.8. The van der Waals surface area contributed by atoms with Crippen LogP contribution in [0.15, 0.2) is 72.8 Å². The first-order valence-corrected chi connectivity index (χ1v) is 15.0. The number of hydrogen-bond acceptors (Lipinski definition) is 3. The number of ether oxygens (including phenoxy) is 1. The van der Waals surface area contributed by atoms with Crippen molar-refractivity contribution in [2.75, 3.05) is 18.1 Å². The molecule has 0 spiro atoms. The van der Waals surface area contributed by atoms with Gasteiger partial charge < -0.3 is 9.84 Å². The van der Waals surface area contributed by atoms with Gasteiger partial charge in [-0.2, -0.15) is 13.2 Å². The van der Waals surface area contributed by atoms with E-state index in [1.54, 1.807) is 6.07 Å². The maximum atomic E-state index is 12.2. The van der Waals surface area contributed by atoms with Crippen molar-refractivity contribution in [1.29, 1.82) is 0 Å². The molecule has 0 heterocycles. The number of allylic oxidation sites excluding steroid dienone is 1. The topological polar surface area (TPSA) is 46.5 Å². The zero-order valence-corrected chi connectivity index (χ0v) is 22.8. The lowest BCUT2D eigenvalue weighted by molar-refractivity contribution is -0.134. The van der Waals surface area contributed by atoms with Gasteiger partial charge >= 0.3 is 6.18 Å². The summed E-state index contributed by atoms with van der Waals surface area (Å²) in [5.74, 6) is 1.60. The highest BCUT2D eigenvalue weighted by Crippen LogP contribution is 2.41. The molecular weight excluding hydrogens is 521 g/mol. The van der Waals surface area contributed by atoms with E-state index in [1.165, 1.54) is 16.7 Å². The smallest absolute Gasteiger partial charge is 0.389 e. The Balaban J connectivity index is 1.36. The van der Waals surface area contributed by atoms with Crippen molar-refractivity contribution >= 4 is 21.9 Å². The highest BCUT2D eigenvalue weighted by molar-refractivity contribution is 7.84. The number of phenols is 1. The van der Waals surface area contributed by atoms with Crippen molar-refractivity contribution in [2.45, 2.75) is 57.5 Å². The summed E-state index contributed by atoms with van der Waals surface area (Å²) in [7, 11) is -1.20. The van der Waals surface area contributed by atoms with Crippen molar-refractivity contribution in [3.8, 4) is 11.5 Å². The Morgan fingerprint density at radius 2 is 1.56 bits per heavy atom. The normalized spacial score (nSPS) is 14.5. The fourth-order valence-corrected chi connectivity index (χ4v) is 6.21. The molecule has 0 amide bonds. The molecule has 0 fully saturated rings. The summed E-state index contributed by atoms with van der Waals surface area (Å²) in [6, 6.07) is 24.2. The van der Waals surface area contributed by atoms with E-state index < -0.39 is 23.4 Å². The van der Waals surface area contributed by atoms with Gasteiger partial charge in [0.2, 0.25) is 0 Å². The molecule has 3 aromatic carbocycles. The van der Waals surface area contributed by atoms with Crippen molar-refractivity contribution < 1.29 is 27.2 Å². The number of aryl methyl sites for hydroxylation is 1. The van der Waals surface area contributed by atoms with E-state index in [1.807, 2.05) is 30.3 Å². The number of alkyl halides is 3. The standard InChI is InChI=1S/C32H35F3O3S/c33-32(34,35)19-8-22-39(37)21-6-2-5-20-38-28-16-13-25(14-17-28)31-29(24-9-3-1-4-10-24)12-7-11-26-23-27(36)15-18-30(26)31/h1,3-4,9-10,13-18,23,36H,2,5-8,11-12,19-22H2/t39-/m0/s1. The van der Waals surface area contributed by atoms with Crippen LogP contribution in [0, 0.1) is 0 Å². The molecule has 1 aliphatic rings. The van der Waals surface area contributed by atoms with Gasteiger partial charge in [-0.3, -0.25) is 4.21 Å². The summed E-state index contributed by atoms with van der Waals surface area (Å²) >= 11 is 0. The van der Waals surface area contributed by atoms with Crippen LogP contribution in [0.5, 0.6) is 11.5 Å². The number of aromatic hydroxyl groups is 1. The van der Waals surface area contributed by atoms with Gasteiger partial charge in [0.25, 0.3) is 0 Å². The Morgan fingerprint density at radius 1 is 0.821 bits per heavy atom. The Labute approximate surface area is 231 Å². The Kier molecular flexibility index (Phi) is 10.3. The van der Waals surface area contributed by atoms with Crippen LogP contribution in [-0.4, -0.2) is 33.6 Å². The van der Waals surface area contributed by atoms with Crippen LogP contribution in [0.1, 0.15) is 67.2 Å². The molecule has 0 saturated carbocycles. The van der Waals surface area contributed by atoms with Gasteiger partial charge in [-0.1, -0.05) is 48.5 Å². The SMILES string of the molecule is O=[S@@](CCCCCOc1ccc(C2=C(c3ccccc3)CCCc3cc(O)ccc32)cc1)CCCC(F)(F)F. The average molecular weight is 557 g/mol. The molecule has 1 aliphatic carbocycles. The zero-order chi connectivity index (χ0) is 27.7. The first-order valence-electron chi connectivity index (χ1n) is 13.6. The van der Waals surface area contributed by atoms with Crippen LogP contribution in [0.4, 0.5) is 13.2 Å². The van der Waals surface area contributed by atoms with Gasteiger partial charge in [0.05, 0.1) is 6.61 Å². The minimum Gasteiger partial charge on any atom is -0.508 e. The molecule has 4 rings (SSSR count). The number of unbranched alkanes of at least 4 members (excludes halogenated alkanes) is 2. The van der Waals surface area contributed by atoms with Crippen LogP contribution in [0.25, 0.3) is 11.1 Å². The summed E-state index contributed by atoms with van der Waals surface area (Å²) in [5.41, 5.74) is 7.08. The fourth-order valence-electron chi connectivity index (χ4n) is 5.02. The van der Waals surface area contributed by atoms with Gasteiger partial charge in [-0.25, -0.2) is 0 Å². The van der Waals surface area contributed by atoms with Gasteiger partial charge in [-0.15, -0.1) is 0 Å². The quantitative estimate of drug-likeness (QED) is 0.228. The van der Waals surface area contributed by atoms with E-state index in [4.69, 9.17) is 4.74 Å². The van der Waals surface area contributed by atoms with Gasteiger partial charge in [0, 0.05) is 28.7 Å². The third-order valence-electron chi connectivity index (χ3n) is 6.92. The Hall–Kier alpha value is -3.06. The van der Waals surface area contributed by atoms with Crippen molar-refractivity contribution in [3.63, 3.8) is 0 Å². The number of fused-ring (bicyclic) bond motifs is 1. The fraction of sp³-hybridized carbons (Fsp3) is 0.375. The molecule has 39 heavy (non-hydrogen) atoms. The lowest BCUT2D eigenvalue weighted by atomic mass is 9.88. The third kappa shape index (κ3) is 8.72. The molecule has 1 atom stereocenters. The van der Waals surface area contributed by atoms with Crippen molar-refractivity contribution in [3.05, 3.63) is 95.1 Å². The minimum atomic E-state index is -4.18. The lowest BCUT2D eigenvalue weighted by Gasteiger charge is -2.17. The van der Waals surface area contributed by atoms with Crippen LogP contribution in [0.2, 0.25) is 0 Å². The molecule has 0 aromatic heterocycles. The molecule has 0 aliphatic heterocycles. The molecule has 1 N–H and O–H groups in total. The largest absolute Gasteiger partial charge is 0.508 e. The van der Waals surface area contributed by atoms with E-state index in [0.29, 0.717) is 18.8 Å². The summed E-state index contributed by atoms with van der Waals surface area (Å²) in [4.78, 5) is 0. The summed E-state index contributed by atoms with van der Waals surface area (Å²) < 4.78 is 54.4. The van der Waals surface area contributed by atoms with E-state index in [0.717, 1.165) is 54.5 Å². The molecule has 0 bridgehead atoms. The lowest BCUT2D eigenvalue weighted by Crippen LogP contribution is -2.10. The molecule has 0 saturated heterocycles. The second-order valence-electron chi connectivity index (χ2n) is 9.91. The number of rotatable bonds is 12. The molecule has 7 heteroatoms. The monoisotopic (exact) mass is 556 g/mol. The first kappa shape index (κ1) is 28.9. The number of hydrogen-bond donors (Lipinski definition) is 1. The van der Waals surface area contributed by atoms with Crippen LogP contribution < -0.4 is 4.74 Å². The van der Waals surface area contributed by atoms with Gasteiger partial charge in [0.1, 0.15) is 11.5 Å². The van der Waals surface area contributed by atoms with E-state index >= 15 is 0 Å². The Morgan fingerprint density at radius 3 is 2.31 bits per heavy atom. The van der Waals surface area contributed by atoms with E-state index in [2.05, 4.69) is 36.4 Å². The summed E-state index contributed by atoms with van der Waals surface area (Å²) in [5, 5.41) is 10.1. The molecule has 0 radical (unpaired) electrons. The predicted molar refractivity (Wildman–Crippen MR) is 152 cm³/mol. The molecule has 0 unspecified atom stereocenters. The maximum absolute atomic E-state index is 12.2. The summed E-state index contributed by atoms with van der Waals surface area (Å²) in [6.45, 7) is 0.528. The molecule has 3 aromatic rings. The van der Waals surface area contributed by atoms with Crippen molar-refractivity contribution in [2.24, 2.45) is 0 Å². The minimum absolute atomic E-state index is 0.0764. The third-order valence-corrected chi connectivity index (χ3v) is 8.40. The van der Waals surface area contributed by atoms with Crippen LogP contribution in [0.3, 0.4) is 0 Å². The highest BCUT2D eigenvalue weighted by Gasteiger charge is 2.26. The van der Waals surface area contributed by atoms with Crippen molar-refractivity contribution in [1.82, 2.24) is 0 Å². The predicted octanol–water partition coefficient (Wildman–Crippen LogP) is 8.33. The zero-order valence-electron chi connectivity index (χ0n) is 22.0. The first-order chi connectivity index (χ1) is 18.8. The van der Waals surface area contributed by atoms with Crippen LogP contribution in [-0.2, 0) is 17.2 Å². The average Bonchev–Trinajstić information content (AvgIpc) is 3.10. The maximum Gasteiger partial charge on any atom is 0.389 e. The number of phenolic OH excluding ortho intramolecular Hbond substituents is 1. The van der Waals surface area contributed by atoms with Crippen LogP contribution >= 0.6 is 0 Å². The summed E-state index contributed by atoms with van der Waals surface area (Å²) in [6.07, 6.45) is 0.0665. The van der Waals surface area contributed by atoms with Gasteiger partial charge in [0.15, 0.2) is 0 Å².